The Hall–Kier alpha value is -1.91. The molecule has 0 amide bonds. The van der Waals surface area contributed by atoms with E-state index in [4.69, 9.17) is 10.00 Å². The molecule has 0 aromatic heterocycles. The van der Waals surface area contributed by atoms with Crippen molar-refractivity contribution in [3.8, 4) is 6.07 Å². The molecule has 0 spiro atoms. The minimum absolute atomic E-state index is 0.0325. The van der Waals surface area contributed by atoms with Crippen LogP contribution < -0.4 is 0 Å². The number of carbonyl (C=O) groups excluding carboxylic acids is 1. The SMILES string of the molecule is CN1C2COCC1CC(C(=O)c1cc(C#N)cc(C(F)(F)F)c1)C2. The predicted molar refractivity (Wildman–Crippen MR) is 79.4 cm³/mol. The van der Waals surface area contributed by atoms with E-state index in [0.29, 0.717) is 26.1 Å². The summed E-state index contributed by atoms with van der Waals surface area (Å²) in [5, 5.41) is 8.96. The average molecular weight is 338 g/mol. The first kappa shape index (κ1) is 16.9. The van der Waals surface area contributed by atoms with Gasteiger partial charge in [-0.2, -0.15) is 18.4 Å². The number of morpholine rings is 1. The van der Waals surface area contributed by atoms with Crippen molar-refractivity contribution in [3.63, 3.8) is 0 Å². The number of halogens is 3. The number of ether oxygens (including phenoxy) is 1. The number of carbonyl (C=O) groups is 1. The lowest BCUT2D eigenvalue weighted by Crippen LogP contribution is -2.55. The Kier molecular flexibility index (Phi) is 4.37. The minimum Gasteiger partial charge on any atom is -0.378 e. The molecule has 2 aliphatic heterocycles. The molecule has 2 fully saturated rings. The fraction of sp³-hybridized carbons (Fsp3) is 0.529. The van der Waals surface area contributed by atoms with Crippen molar-refractivity contribution in [2.45, 2.75) is 31.1 Å². The standard InChI is InChI=1S/C17H17F3N2O2/c1-22-14-5-12(6-15(22)9-24-8-14)16(23)11-2-10(7-21)3-13(4-11)17(18,19)20/h2-4,12,14-15H,5-6,8-9H2,1H3. The number of likely N-dealkylation sites (N-methyl/N-ethyl adjacent to an activating group) is 1. The highest BCUT2D eigenvalue weighted by molar-refractivity contribution is 5.98. The topological polar surface area (TPSA) is 53.3 Å². The highest BCUT2D eigenvalue weighted by Gasteiger charge is 2.40. The van der Waals surface area contributed by atoms with E-state index in [1.54, 1.807) is 6.07 Å². The number of hydrogen-bond acceptors (Lipinski definition) is 4. The smallest absolute Gasteiger partial charge is 0.378 e. The van der Waals surface area contributed by atoms with Gasteiger partial charge in [-0.05, 0) is 38.1 Å². The van der Waals surface area contributed by atoms with Gasteiger partial charge in [0.15, 0.2) is 5.78 Å². The Morgan fingerprint density at radius 3 is 2.42 bits per heavy atom. The lowest BCUT2D eigenvalue weighted by atomic mass is 9.80. The molecule has 7 heteroatoms. The number of ketones is 1. The lowest BCUT2D eigenvalue weighted by molar-refractivity contribution is -0.137. The van der Waals surface area contributed by atoms with Crippen molar-refractivity contribution < 1.29 is 22.7 Å². The molecule has 2 heterocycles. The molecule has 1 aromatic rings. The molecule has 2 saturated heterocycles. The van der Waals surface area contributed by atoms with Crippen molar-refractivity contribution in [2.75, 3.05) is 20.3 Å². The zero-order valence-corrected chi connectivity index (χ0v) is 13.1. The first-order chi connectivity index (χ1) is 11.3. The van der Waals surface area contributed by atoms with Crippen molar-refractivity contribution in [3.05, 3.63) is 34.9 Å². The highest BCUT2D eigenvalue weighted by atomic mass is 19.4. The zero-order chi connectivity index (χ0) is 17.5. The first-order valence-corrected chi connectivity index (χ1v) is 7.76. The quantitative estimate of drug-likeness (QED) is 0.778. The number of rotatable bonds is 2. The number of benzene rings is 1. The second-order valence-electron chi connectivity index (χ2n) is 6.45. The number of piperidine rings is 1. The molecule has 4 nitrogen and oxygen atoms in total. The molecule has 1 aromatic carbocycles. The van der Waals surface area contributed by atoms with Crippen molar-refractivity contribution in [2.24, 2.45) is 5.92 Å². The fourth-order valence-corrected chi connectivity index (χ4v) is 3.54. The van der Waals surface area contributed by atoms with E-state index in [1.165, 1.54) is 6.07 Å². The van der Waals surface area contributed by atoms with Gasteiger partial charge >= 0.3 is 6.18 Å². The summed E-state index contributed by atoms with van der Waals surface area (Å²) in [5.74, 6) is -0.655. The van der Waals surface area contributed by atoms with Crippen molar-refractivity contribution >= 4 is 5.78 Å². The van der Waals surface area contributed by atoms with Crippen LogP contribution >= 0.6 is 0 Å². The van der Waals surface area contributed by atoms with E-state index in [-0.39, 0.29) is 34.9 Å². The summed E-state index contributed by atoms with van der Waals surface area (Å²) in [6, 6.07) is 4.79. The van der Waals surface area contributed by atoms with E-state index < -0.39 is 11.7 Å². The molecule has 2 atom stereocenters. The molecule has 2 aliphatic rings. The summed E-state index contributed by atoms with van der Waals surface area (Å²) in [4.78, 5) is 14.9. The van der Waals surface area contributed by atoms with Gasteiger partial charge in [0.2, 0.25) is 0 Å². The van der Waals surface area contributed by atoms with Crippen molar-refractivity contribution in [1.29, 1.82) is 5.26 Å². The number of nitrogens with zero attached hydrogens (tertiary/aromatic N) is 2. The van der Waals surface area contributed by atoms with E-state index in [1.807, 2.05) is 7.05 Å². The zero-order valence-electron chi connectivity index (χ0n) is 13.1. The maximum atomic E-state index is 13.0. The van der Waals surface area contributed by atoms with E-state index in [9.17, 15) is 18.0 Å². The van der Waals surface area contributed by atoms with Crippen LogP contribution in [-0.4, -0.2) is 43.0 Å². The normalized spacial score (nSPS) is 27.5. The Morgan fingerprint density at radius 1 is 1.25 bits per heavy atom. The van der Waals surface area contributed by atoms with Crippen LogP contribution in [0.15, 0.2) is 18.2 Å². The molecule has 2 bridgehead atoms. The highest BCUT2D eigenvalue weighted by Crippen LogP contribution is 2.35. The Morgan fingerprint density at radius 2 is 1.88 bits per heavy atom. The van der Waals surface area contributed by atoms with Gasteiger partial charge in [0.25, 0.3) is 0 Å². The van der Waals surface area contributed by atoms with Crippen molar-refractivity contribution in [1.82, 2.24) is 4.90 Å². The largest absolute Gasteiger partial charge is 0.416 e. The molecule has 2 unspecified atom stereocenters. The minimum atomic E-state index is -4.58. The lowest BCUT2D eigenvalue weighted by Gasteiger charge is -2.46. The van der Waals surface area contributed by atoms with Gasteiger partial charge in [0.05, 0.1) is 30.4 Å². The summed E-state index contributed by atoms with van der Waals surface area (Å²) in [6.07, 6.45) is -3.47. The summed E-state index contributed by atoms with van der Waals surface area (Å²) < 4.78 is 44.5. The predicted octanol–water partition coefficient (Wildman–Crippen LogP) is 2.87. The van der Waals surface area contributed by atoms with Crippen LogP contribution in [0, 0.1) is 17.2 Å². The van der Waals surface area contributed by atoms with E-state index in [0.717, 1.165) is 12.1 Å². The second-order valence-corrected chi connectivity index (χ2v) is 6.45. The molecule has 128 valence electrons. The van der Waals surface area contributed by atoms with Crippen LogP contribution in [0.25, 0.3) is 0 Å². The van der Waals surface area contributed by atoms with Crippen LogP contribution in [0.5, 0.6) is 0 Å². The molecule has 0 saturated carbocycles. The first-order valence-electron chi connectivity index (χ1n) is 7.76. The summed E-state index contributed by atoms with van der Waals surface area (Å²) in [5.41, 5.74) is -1.14. The average Bonchev–Trinajstić information content (AvgIpc) is 2.52. The number of nitriles is 1. The Labute approximate surface area is 137 Å². The molecule has 0 N–H and O–H groups in total. The van der Waals surface area contributed by atoms with Gasteiger partial charge in [-0.3, -0.25) is 9.69 Å². The fourth-order valence-electron chi connectivity index (χ4n) is 3.54. The van der Waals surface area contributed by atoms with Gasteiger partial charge in [0.1, 0.15) is 0 Å². The van der Waals surface area contributed by atoms with Crippen LogP contribution in [0.3, 0.4) is 0 Å². The van der Waals surface area contributed by atoms with Crippen LogP contribution in [0.2, 0.25) is 0 Å². The number of fused-ring (bicyclic) bond motifs is 2. The molecular weight excluding hydrogens is 321 g/mol. The van der Waals surface area contributed by atoms with Gasteiger partial charge in [-0.25, -0.2) is 0 Å². The molecule has 0 radical (unpaired) electrons. The maximum absolute atomic E-state index is 13.0. The van der Waals surface area contributed by atoms with Crippen LogP contribution in [0.4, 0.5) is 13.2 Å². The summed E-state index contributed by atoms with van der Waals surface area (Å²) in [7, 11) is 1.98. The van der Waals surface area contributed by atoms with E-state index >= 15 is 0 Å². The maximum Gasteiger partial charge on any atom is 0.416 e. The monoisotopic (exact) mass is 338 g/mol. The third kappa shape index (κ3) is 3.17. The number of Topliss-reactive ketones (excluding diaryl/α,β-unsaturated/α-hetero) is 1. The molecule has 24 heavy (non-hydrogen) atoms. The van der Waals surface area contributed by atoms with Crippen LogP contribution in [0.1, 0.15) is 34.3 Å². The molecule has 0 aliphatic carbocycles. The summed E-state index contributed by atoms with van der Waals surface area (Å²) >= 11 is 0. The third-order valence-corrected chi connectivity index (χ3v) is 4.93. The molecule has 3 rings (SSSR count). The Balaban J connectivity index is 1.89. The molecular formula is C17H17F3N2O2. The Bertz CT molecular complexity index is 682. The number of alkyl halides is 3. The third-order valence-electron chi connectivity index (χ3n) is 4.93. The van der Waals surface area contributed by atoms with Gasteiger partial charge < -0.3 is 4.74 Å². The second kappa shape index (κ2) is 6.19. The van der Waals surface area contributed by atoms with E-state index in [2.05, 4.69) is 4.90 Å². The van der Waals surface area contributed by atoms with Crippen LogP contribution in [-0.2, 0) is 10.9 Å². The summed E-state index contributed by atoms with van der Waals surface area (Å²) in [6.45, 7) is 1.06. The number of hydrogen-bond donors (Lipinski definition) is 0. The van der Waals surface area contributed by atoms with Gasteiger partial charge in [-0.1, -0.05) is 0 Å². The van der Waals surface area contributed by atoms with Gasteiger partial charge in [-0.15, -0.1) is 0 Å². The van der Waals surface area contributed by atoms with Gasteiger partial charge in [0, 0.05) is 23.6 Å².